The Morgan fingerprint density at radius 2 is 1.95 bits per heavy atom. The number of piperidine rings is 1. The van der Waals surface area contributed by atoms with E-state index in [1.165, 1.54) is 0 Å². The summed E-state index contributed by atoms with van der Waals surface area (Å²) in [7, 11) is 0. The number of carboxylic acids is 1. The van der Waals surface area contributed by atoms with E-state index in [-0.39, 0.29) is 17.2 Å². The molecule has 2 fully saturated rings. The molecule has 2 aliphatic carbocycles. The monoisotopic (exact) mass is 304 g/mol. The van der Waals surface area contributed by atoms with Gasteiger partial charge in [0.2, 0.25) is 0 Å². The first kappa shape index (κ1) is 13.8. The summed E-state index contributed by atoms with van der Waals surface area (Å²) < 4.78 is 5.33. The number of carbonyl (C=O) groups excluding carboxylic acids is 1. The fourth-order valence-corrected chi connectivity index (χ4v) is 4.11. The highest BCUT2D eigenvalue weighted by Gasteiger charge is 2.59. The van der Waals surface area contributed by atoms with Gasteiger partial charge in [0, 0.05) is 25.1 Å². The third-order valence-corrected chi connectivity index (χ3v) is 5.69. The van der Waals surface area contributed by atoms with Gasteiger partial charge in [0.15, 0.2) is 5.69 Å². The van der Waals surface area contributed by atoms with Gasteiger partial charge in [0.25, 0.3) is 5.91 Å². The van der Waals surface area contributed by atoms with E-state index in [1.54, 1.807) is 0 Å². The van der Waals surface area contributed by atoms with Crippen LogP contribution < -0.4 is 0 Å². The standard InChI is InChI=1S/C16H20N2O4/c19-14(13-10-3-1-2-4-12(10)22-17-13)18-7-5-16(6-8-18)9-11(16)15(20)21/h11H,1-9H2,(H,20,21). The number of likely N-dealkylation sites (tertiary alicyclic amines) is 1. The van der Waals surface area contributed by atoms with Gasteiger partial charge in [-0.25, -0.2) is 0 Å². The van der Waals surface area contributed by atoms with E-state index in [4.69, 9.17) is 9.63 Å². The fourth-order valence-electron chi connectivity index (χ4n) is 4.11. The zero-order chi connectivity index (χ0) is 15.3. The molecular formula is C16H20N2O4. The van der Waals surface area contributed by atoms with E-state index in [9.17, 15) is 9.59 Å². The molecule has 22 heavy (non-hydrogen) atoms. The van der Waals surface area contributed by atoms with E-state index in [2.05, 4.69) is 5.16 Å². The van der Waals surface area contributed by atoms with Gasteiger partial charge in [-0.15, -0.1) is 0 Å². The van der Waals surface area contributed by atoms with Crippen LogP contribution in [0.3, 0.4) is 0 Å². The lowest BCUT2D eigenvalue weighted by atomic mass is 9.90. The maximum absolute atomic E-state index is 12.7. The molecule has 0 radical (unpaired) electrons. The van der Waals surface area contributed by atoms with Gasteiger partial charge in [-0.05, 0) is 43.9 Å². The molecule has 6 heteroatoms. The second-order valence-electron chi connectivity index (χ2n) is 6.89. The van der Waals surface area contributed by atoms with Crippen molar-refractivity contribution in [3.05, 3.63) is 17.0 Å². The van der Waals surface area contributed by atoms with Crippen LogP contribution in [0.5, 0.6) is 0 Å². The Morgan fingerprint density at radius 1 is 1.23 bits per heavy atom. The molecule has 1 atom stereocenters. The number of aryl methyl sites for hydroxylation is 1. The molecule has 6 nitrogen and oxygen atoms in total. The van der Waals surface area contributed by atoms with Crippen molar-refractivity contribution in [3.8, 4) is 0 Å². The van der Waals surface area contributed by atoms with Crippen molar-refractivity contribution < 1.29 is 19.2 Å². The normalized spacial score (nSPS) is 25.8. The van der Waals surface area contributed by atoms with Crippen molar-refractivity contribution in [2.75, 3.05) is 13.1 Å². The number of hydrogen-bond acceptors (Lipinski definition) is 4. The average molecular weight is 304 g/mol. The molecule has 1 N–H and O–H groups in total. The van der Waals surface area contributed by atoms with Crippen LogP contribution in [-0.2, 0) is 17.6 Å². The number of carbonyl (C=O) groups is 2. The first-order valence-electron chi connectivity index (χ1n) is 8.10. The number of aliphatic carboxylic acids is 1. The zero-order valence-electron chi connectivity index (χ0n) is 12.5. The Morgan fingerprint density at radius 3 is 2.64 bits per heavy atom. The lowest BCUT2D eigenvalue weighted by Crippen LogP contribution is -2.40. The topological polar surface area (TPSA) is 83.6 Å². The van der Waals surface area contributed by atoms with Gasteiger partial charge >= 0.3 is 5.97 Å². The van der Waals surface area contributed by atoms with E-state index in [0.29, 0.717) is 18.8 Å². The fraction of sp³-hybridized carbons (Fsp3) is 0.688. The summed E-state index contributed by atoms with van der Waals surface area (Å²) in [4.78, 5) is 25.6. The molecule has 2 heterocycles. The summed E-state index contributed by atoms with van der Waals surface area (Å²) in [5, 5.41) is 13.1. The van der Waals surface area contributed by atoms with Crippen molar-refractivity contribution in [2.24, 2.45) is 11.3 Å². The van der Waals surface area contributed by atoms with Gasteiger partial charge in [0.1, 0.15) is 5.76 Å². The predicted octanol–water partition coefficient (Wildman–Crippen LogP) is 1.88. The second-order valence-corrected chi connectivity index (χ2v) is 6.89. The molecular weight excluding hydrogens is 284 g/mol. The SMILES string of the molecule is O=C(O)C1CC12CCN(C(=O)c1noc3c1CCCC3)CC2. The number of aromatic nitrogens is 1. The summed E-state index contributed by atoms with van der Waals surface area (Å²) in [6.45, 7) is 1.26. The van der Waals surface area contributed by atoms with Crippen molar-refractivity contribution in [1.29, 1.82) is 0 Å². The largest absolute Gasteiger partial charge is 0.481 e. The summed E-state index contributed by atoms with van der Waals surface area (Å²) >= 11 is 0. The summed E-state index contributed by atoms with van der Waals surface area (Å²) in [6, 6.07) is 0. The Kier molecular flexibility index (Phi) is 3.03. The lowest BCUT2D eigenvalue weighted by molar-refractivity contribution is -0.139. The molecule has 1 aromatic heterocycles. The van der Waals surface area contributed by atoms with Crippen LogP contribution in [0.25, 0.3) is 0 Å². The second kappa shape index (κ2) is 4.83. The Balaban J connectivity index is 1.45. The number of nitrogens with zero attached hydrogens (tertiary/aromatic N) is 2. The highest BCUT2D eigenvalue weighted by atomic mass is 16.5. The molecule has 118 valence electrons. The molecule has 4 rings (SSSR count). The zero-order valence-corrected chi connectivity index (χ0v) is 12.5. The van der Waals surface area contributed by atoms with Crippen LogP contribution in [-0.4, -0.2) is 40.1 Å². The van der Waals surface area contributed by atoms with E-state index >= 15 is 0 Å². The molecule has 0 aromatic carbocycles. The van der Waals surface area contributed by atoms with Crippen molar-refractivity contribution in [2.45, 2.75) is 44.9 Å². The third-order valence-electron chi connectivity index (χ3n) is 5.69. The summed E-state index contributed by atoms with van der Waals surface area (Å²) in [6.07, 6.45) is 6.27. The predicted molar refractivity (Wildman–Crippen MR) is 76.5 cm³/mol. The minimum Gasteiger partial charge on any atom is -0.481 e. The molecule has 1 amide bonds. The minimum atomic E-state index is -0.689. The lowest BCUT2D eigenvalue weighted by Gasteiger charge is -2.32. The van der Waals surface area contributed by atoms with E-state index < -0.39 is 5.97 Å². The number of carboxylic acid groups (broad SMARTS) is 1. The van der Waals surface area contributed by atoms with Crippen LogP contribution in [0, 0.1) is 11.3 Å². The smallest absolute Gasteiger partial charge is 0.307 e. The molecule has 1 aromatic rings. The molecule has 3 aliphatic rings. The van der Waals surface area contributed by atoms with Crippen molar-refractivity contribution >= 4 is 11.9 Å². The van der Waals surface area contributed by atoms with Gasteiger partial charge in [-0.1, -0.05) is 5.16 Å². The molecule has 1 unspecified atom stereocenters. The first-order chi connectivity index (χ1) is 10.6. The molecule has 1 saturated heterocycles. The molecule has 0 bridgehead atoms. The van der Waals surface area contributed by atoms with E-state index in [0.717, 1.165) is 56.3 Å². The first-order valence-corrected chi connectivity index (χ1v) is 8.10. The Bertz CT molecular complexity index is 628. The summed E-state index contributed by atoms with van der Waals surface area (Å²) in [5.41, 5.74) is 1.42. The molecule has 1 aliphatic heterocycles. The van der Waals surface area contributed by atoms with Crippen molar-refractivity contribution in [3.63, 3.8) is 0 Å². The highest BCUT2D eigenvalue weighted by Crippen LogP contribution is 2.59. The number of hydrogen-bond donors (Lipinski definition) is 1. The number of fused-ring (bicyclic) bond motifs is 1. The van der Waals surface area contributed by atoms with Crippen molar-refractivity contribution in [1.82, 2.24) is 10.1 Å². The maximum Gasteiger partial charge on any atom is 0.307 e. The van der Waals surface area contributed by atoms with Gasteiger partial charge in [-0.3, -0.25) is 9.59 Å². The van der Waals surface area contributed by atoms with E-state index in [1.807, 2.05) is 4.90 Å². The minimum absolute atomic E-state index is 0.0470. The quantitative estimate of drug-likeness (QED) is 0.902. The maximum atomic E-state index is 12.7. The number of amides is 1. The van der Waals surface area contributed by atoms with Crippen LogP contribution in [0.1, 0.15) is 53.9 Å². The van der Waals surface area contributed by atoms with Gasteiger partial charge < -0.3 is 14.5 Å². The van der Waals surface area contributed by atoms with Gasteiger partial charge in [-0.2, -0.15) is 0 Å². The Hall–Kier alpha value is -1.85. The van der Waals surface area contributed by atoms with Crippen LogP contribution in [0.2, 0.25) is 0 Å². The van der Waals surface area contributed by atoms with Crippen LogP contribution >= 0.6 is 0 Å². The Labute approximate surface area is 128 Å². The number of rotatable bonds is 2. The van der Waals surface area contributed by atoms with Crippen LogP contribution in [0.4, 0.5) is 0 Å². The van der Waals surface area contributed by atoms with Crippen LogP contribution in [0.15, 0.2) is 4.52 Å². The highest BCUT2D eigenvalue weighted by molar-refractivity contribution is 5.94. The third kappa shape index (κ3) is 2.04. The van der Waals surface area contributed by atoms with Gasteiger partial charge in [0.05, 0.1) is 5.92 Å². The molecule has 1 spiro atoms. The molecule has 1 saturated carbocycles. The average Bonchev–Trinajstić information content (AvgIpc) is 3.06. The summed E-state index contributed by atoms with van der Waals surface area (Å²) in [5.74, 6) is -0.0691.